The molecule has 140 valence electrons. The van der Waals surface area contributed by atoms with Crippen molar-refractivity contribution in [3.8, 4) is 22.7 Å². The molecule has 0 spiro atoms. The lowest BCUT2D eigenvalue weighted by atomic mass is 10.1. The third kappa shape index (κ3) is 3.31. The molecule has 0 atom stereocenters. The van der Waals surface area contributed by atoms with E-state index < -0.39 is 6.43 Å². The predicted molar refractivity (Wildman–Crippen MR) is 99.1 cm³/mol. The van der Waals surface area contributed by atoms with Crippen LogP contribution in [0.15, 0.2) is 47.4 Å². The molecule has 0 radical (unpaired) electrons. The summed E-state index contributed by atoms with van der Waals surface area (Å²) in [6, 6.07) is 12.2. The Balaban J connectivity index is 1.86. The first-order valence-electron chi connectivity index (χ1n) is 8.36. The van der Waals surface area contributed by atoms with Crippen molar-refractivity contribution in [1.82, 2.24) is 9.78 Å². The Kier molecular flexibility index (Phi) is 4.86. The predicted octanol–water partition coefficient (Wildman–Crippen LogP) is 3.87. The van der Waals surface area contributed by atoms with Crippen molar-refractivity contribution in [2.24, 2.45) is 5.14 Å². The summed E-state index contributed by atoms with van der Waals surface area (Å²) < 4.78 is 33.6. The zero-order valence-corrected chi connectivity index (χ0v) is 15.0. The summed E-state index contributed by atoms with van der Waals surface area (Å²) in [7, 11) is 0. The van der Waals surface area contributed by atoms with Gasteiger partial charge in [0.1, 0.15) is 11.4 Å². The number of aliphatic hydroxyl groups is 1. The smallest absolute Gasteiger partial charge is 0.282 e. The van der Waals surface area contributed by atoms with Gasteiger partial charge in [0.25, 0.3) is 6.43 Å². The number of aromatic nitrogens is 2. The molecule has 0 aliphatic carbocycles. The van der Waals surface area contributed by atoms with Crippen LogP contribution in [0.4, 0.5) is 8.78 Å². The summed E-state index contributed by atoms with van der Waals surface area (Å²) in [5.74, 6) is 0.825. The molecule has 3 aromatic rings. The van der Waals surface area contributed by atoms with Crippen molar-refractivity contribution in [2.75, 3.05) is 6.61 Å². The Morgan fingerprint density at radius 1 is 1.22 bits per heavy atom. The first kappa shape index (κ1) is 18.0. The van der Waals surface area contributed by atoms with E-state index >= 15 is 0 Å². The van der Waals surface area contributed by atoms with Gasteiger partial charge in [-0.3, -0.25) is 5.14 Å². The highest BCUT2D eigenvalue weighted by atomic mass is 32.2. The van der Waals surface area contributed by atoms with Crippen molar-refractivity contribution in [3.05, 3.63) is 59.3 Å². The van der Waals surface area contributed by atoms with Crippen LogP contribution in [0.25, 0.3) is 16.9 Å². The number of fused-ring (bicyclic) bond motifs is 1. The summed E-state index contributed by atoms with van der Waals surface area (Å²) in [4.78, 5) is 0.721. The van der Waals surface area contributed by atoms with E-state index in [9.17, 15) is 13.9 Å². The monoisotopic (exact) mass is 389 g/mol. The molecule has 0 amide bonds. The molecule has 0 saturated carbocycles. The summed E-state index contributed by atoms with van der Waals surface area (Å²) >= 11 is 1.02. The minimum absolute atomic E-state index is 0.206. The van der Waals surface area contributed by atoms with E-state index in [1.54, 1.807) is 18.2 Å². The molecule has 0 unspecified atom stereocenters. The highest BCUT2D eigenvalue weighted by Crippen LogP contribution is 2.34. The van der Waals surface area contributed by atoms with Crippen LogP contribution in [0, 0.1) is 0 Å². The van der Waals surface area contributed by atoms with Gasteiger partial charge in [-0.05, 0) is 65.5 Å². The number of alkyl halides is 2. The highest BCUT2D eigenvalue weighted by Gasteiger charge is 2.20. The van der Waals surface area contributed by atoms with Crippen LogP contribution < -0.4 is 9.88 Å². The Bertz CT molecular complexity index is 991. The number of nitrogens with zero attached hydrogens (tertiary/aromatic N) is 2. The van der Waals surface area contributed by atoms with E-state index in [1.165, 1.54) is 10.7 Å². The number of rotatable bonds is 5. The Morgan fingerprint density at radius 3 is 2.81 bits per heavy atom. The van der Waals surface area contributed by atoms with Crippen molar-refractivity contribution in [3.63, 3.8) is 0 Å². The SMILES string of the molecule is NSc1ccc(-n2nc(C(F)F)cc2-c2ccc3c(c2)CCO3)cc1CO. The standard InChI is InChI=1S/C19H17F2N3O2S/c20-19(21)15-9-16(11-1-3-17-12(7-11)5-6-26-17)24(23-15)14-2-4-18(27-22)13(8-14)10-25/h1-4,7-9,19,25H,5-6,10,22H2. The zero-order valence-electron chi connectivity index (χ0n) is 14.2. The molecule has 1 aromatic heterocycles. The van der Waals surface area contributed by atoms with Crippen LogP contribution in [0.5, 0.6) is 5.75 Å². The lowest BCUT2D eigenvalue weighted by molar-refractivity contribution is 0.145. The second-order valence-electron chi connectivity index (χ2n) is 6.16. The van der Waals surface area contributed by atoms with E-state index in [0.717, 1.165) is 40.1 Å². The molecule has 5 nitrogen and oxygen atoms in total. The van der Waals surface area contributed by atoms with E-state index in [4.69, 9.17) is 9.88 Å². The number of hydrogen-bond donors (Lipinski definition) is 2. The van der Waals surface area contributed by atoms with Gasteiger partial charge >= 0.3 is 0 Å². The average molecular weight is 389 g/mol. The number of aliphatic hydroxyl groups excluding tert-OH is 1. The normalized spacial score (nSPS) is 13.1. The number of benzene rings is 2. The van der Waals surface area contributed by atoms with Gasteiger partial charge < -0.3 is 9.84 Å². The van der Waals surface area contributed by atoms with E-state index in [-0.39, 0.29) is 12.3 Å². The minimum Gasteiger partial charge on any atom is -0.493 e. The van der Waals surface area contributed by atoms with Gasteiger partial charge in [0.2, 0.25) is 0 Å². The average Bonchev–Trinajstić information content (AvgIpc) is 3.33. The van der Waals surface area contributed by atoms with Gasteiger partial charge in [-0.25, -0.2) is 13.5 Å². The molecular weight excluding hydrogens is 372 g/mol. The van der Waals surface area contributed by atoms with Gasteiger partial charge in [0.15, 0.2) is 0 Å². The summed E-state index contributed by atoms with van der Waals surface area (Å²) in [6.45, 7) is 0.417. The van der Waals surface area contributed by atoms with Crippen molar-refractivity contribution in [2.45, 2.75) is 24.3 Å². The molecule has 4 rings (SSSR count). The lowest BCUT2D eigenvalue weighted by Gasteiger charge is -2.11. The first-order valence-corrected chi connectivity index (χ1v) is 9.23. The molecule has 27 heavy (non-hydrogen) atoms. The first-order chi connectivity index (χ1) is 13.1. The topological polar surface area (TPSA) is 73.3 Å². The zero-order chi connectivity index (χ0) is 19.0. The fourth-order valence-corrected chi connectivity index (χ4v) is 3.61. The fraction of sp³-hybridized carbons (Fsp3) is 0.211. The molecule has 8 heteroatoms. The summed E-state index contributed by atoms with van der Waals surface area (Å²) in [5, 5.41) is 19.3. The third-order valence-electron chi connectivity index (χ3n) is 4.52. The second-order valence-corrected chi connectivity index (χ2v) is 6.83. The number of halogens is 2. The minimum atomic E-state index is -2.68. The number of ether oxygens (including phenoxy) is 1. The van der Waals surface area contributed by atoms with Crippen LogP contribution in [-0.2, 0) is 13.0 Å². The third-order valence-corrected chi connectivity index (χ3v) is 5.18. The van der Waals surface area contributed by atoms with Crippen LogP contribution >= 0.6 is 11.9 Å². The second kappa shape index (κ2) is 7.30. The molecule has 1 aliphatic rings. The van der Waals surface area contributed by atoms with Gasteiger partial charge in [-0.1, -0.05) is 0 Å². The molecule has 2 aromatic carbocycles. The Hall–Kier alpha value is -2.42. The van der Waals surface area contributed by atoms with Crippen LogP contribution in [-0.4, -0.2) is 21.5 Å². The van der Waals surface area contributed by atoms with Crippen LogP contribution in [0.1, 0.15) is 23.2 Å². The maximum absolute atomic E-state index is 13.3. The van der Waals surface area contributed by atoms with Gasteiger partial charge in [-0.2, -0.15) is 5.10 Å². The molecule has 1 aliphatic heterocycles. The van der Waals surface area contributed by atoms with Crippen LogP contribution in [0.3, 0.4) is 0 Å². The highest BCUT2D eigenvalue weighted by molar-refractivity contribution is 7.97. The number of nitrogens with two attached hydrogens (primary N) is 1. The summed E-state index contributed by atoms with van der Waals surface area (Å²) in [5.41, 5.74) is 3.27. The van der Waals surface area contributed by atoms with E-state index in [1.807, 2.05) is 18.2 Å². The Labute approximate surface area is 158 Å². The molecule has 0 fully saturated rings. The van der Waals surface area contributed by atoms with Gasteiger partial charge in [0.05, 0.1) is 24.6 Å². The van der Waals surface area contributed by atoms with E-state index in [2.05, 4.69) is 5.10 Å². The van der Waals surface area contributed by atoms with Gasteiger partial charge in [-0.15, -0.1) is 0 Å². The molecule has 3 N–H and O–H groups in total. The van der Waals surface area contributed by atoms with Crippen LogP contribution in [0.2, 0.25) is 0 Å². The summed E-state index contributed by atoms with van der Waals surface area (Å²) in [6.07, 6.45) is -1.89. The fourth-order valence-electron chi connectivity index (χ4n) is 3.19. The molecular formula is C19H17F2N3O2S. The van der Waals surface area contributed by atoms with E-state index in [0.29, 0.717) is 23.6 Å². The molecule has 0 saturated heterocycles. The van der Waals surface area contributed by atoms with Crippen molar-refractivity contribution >= 4 is 11.9 Å². The number of hydrogen-bond acceptors (Lipinski definition) is 5. The lowest BCUT2D eigenvalue weighted by Crippen LogP contribution is -2.02. The van der Waals surface area contributed by atoms with Crippen molar-refractivity contribution < 1.29 is 18.6 Å². The van der Waals surface area contributed by atoms with Crippen molar-refractivity contribution in [1.29, 1.82) is 0 Å². The quantitative estimate of drug-likeness (QED) is 0.648. The Morgan fingerprint density at radius 2 is 2.07 bits per heavy atom. The maximum atomic E-state index is 13.3. The maximum Gasteiger partial charge on any atom is 0.282 e. The molecule has 2 heterocycles. The largest absolute Gasteiger partial charge is 0.493 e. The molecule has 0 bridgehead atoms. The van der Waals surface area contributed by atoms with Gasteiger partial charge in [0, 0.05) is 16.9 Å².